The van der Waals surface area contributed by atoms with Crippen LogP contribution in [0.15, 0.2) is 30.6 Å². The van der Waals surface area contributed by atoms with Crippen LogP contribution in [0.3, 0.4) is 0 Å². The van der Waals surface area contributed by atoms with Crippen LogP contribution in [0.5, 0.6) is 0 Å². The van der Waals surface area contributed by atoms with Gasteiger partial charge in [-0.05, 0) is 25.0 Å². The number of carbonyl (C=O) groups is 1. The first-order valence-corrected chi connectivity index (χ1v) is 6.58. The van der Waals surface area contributed by atoms with Crippen LogP contribution < -0.4 is 5.32 Å². The molecular weight excluding hydrogens is 226 g/mol. The maximum absolute atomic E-state index is 12.2. The molecule has 2 heterocycles. The Morgan fingerprint density at radius 3 is 2.94 bits per heavy atom. The van der Waals surface area contributed by atoms with E-state index in [1.807, 2.05) is 24.4 Å². The molecule has 0 saturated heterocycles. The normalized spacial score (nSPS) is 16.9. The molecule has 0 aliphatic heterocycles. The SMILES string of the molecule is O=C(NC1CCCCC1)c1cnn2ccccc12. The van der Waals surface area contributed by atoms with Gasteiger partial charge in [-0.3, -0.25) is 4.79 Å². The van der Waals surface area contributed by atoms with Gasteiger partial charge < -0.3 is 5.32 Å². The van der Waals surface area contributed by atoms with Crippen LogP contribution in [0, 0.1) is 0 Å². The molecule has 1 amide bonds. The molecule has 4 heteroatoms. The van der Waals surface area contributed by atoms with Crippen LogP contribution in [0.2, 0.25) is 0 Å². The highest BCUT2D eigenvalue weighted by atomic mass is 16.1. The third-order valence-electron chi connectivity index (χ3n) is 3.61. The molecule has 0 aromatic carbocycles. The van der Waals surface area contributed by atoms with Crippen molar-refractivity contribution >= 4 is 11.4 Å². The maximum Gasteiger partial charge on any atom is 0.255 e. The number of pyridine rings is 1. The number of carbonyl (C=O) groups excluding carboxylic acids is 1. The molecule has 1 aliphatic rings. The molecule has 4 nitrogen and oxygen atoms in total. The predicted molar refractivity (Wildman–Crippen MR) is 69.5 cm³/mol. The van der Waals surface area contributed by atoms with Crippen molar-refractivity contribution in [1.29, 1.82) is 0 Å². The van der Waals surface area contributed by atoms with E-state index >= 15 is 0 Å². The van der Waals surface area contributed by atoms with Crippen molar-refractivity contribution in [2.75, 3.05) is 0 Å². The highest BCUT2D eigenvalue weighted by Crippen LogP contribution is 2.18. The number of aromatic nitrogens is 2. The van der Waals surface area contributed by atoms with E-state index in [1.54, 1.807) is 10.7 Å². The van der Waals surface area contributed by atoms with Gasteiger partial charge in [0.05, 0.1) is 17.3 Å². The lowest BCUT2D eigenvalue weighted by Gasteiger charge is -2.22. The zero-order valence-electron chi connectivity index (χ0n) is 10.3. The van der Waals surface area contributed by atoms with Gasteiger partial charge in [-0.2, -0.15) is 5.10 Å². The van der Waals surface area contributed by atoms with Gasteiger partial charge in [0.1, 0.15) is 0 Å². The third-order valence-corrected chi connectivity index (χ3v) is 3.61. The lowest BCUT2D eigenvalue weighted by Crippen LogP contribution is -2.36. The van der Waals surface area contributed by atoms with E-state index in [-0.39, 0.29) is 5.91 Å². The summed E-state index contributed by atoms with van der Waals surface area (Å²) in [5.41, 5.74) is 1.53. The van der Waals surface area contributed by atoms with Crippen molar-refractivity contribution in [2.45, 2.75) is 38.1 Å². The monoisotopic (exact) mass is 243 g/mol. The summed E-state index contributed by atoms with van der Waals surface area (Å²) >= 11 is 0. The predicted octanol–water partition coefficient (Wildman–Crippen LogP) is 2.40. The van der Waals surface area contributed by atoms with Crippen LogP contribution in [0.1, 0.15) is 42.5 Å². The Balaban J connectivity index is 1.79. The Morgan fingerprint density at radius 1 is 1.28 bits per heavy atom. The Kier molecular flexibility index (Phi) is 3.00. The molecule has 0 radical (unpaired) electrons. The molecule has 0 atom stereocenters. The van der Waals surface area contributed by atoms with Crippen molar-refractivity contribution in [2.24, 2.45) is 0 Å². The molecule has 1 N–H and O–H groups in total. The second kappa shape index (κ2) is 4.80. The first-order valence-electron chi connectivity index (χ1n) is 6.58. The lowest BCUT2D eigenvalue weighted by atomic mass is 9.95. The Hall–Kier alpha value is -1.84. The van der Waals surface area contributed by atoms with E-state index in [1.165, 1.54) is 19.3 Å². The van der Waals surface area contributed by atoms with Crippen LogP contribution in [0.25, 0.3) is 5.52 Å². The Bertz CT molecular complexity index is 555. The molecule has 2 aromatic rings. The van der Waals surface area contributed by atoms with Gasteiger partial charge in [-0.15, -0.1) is 0 Å². The topological polar surface area (TPSA) is 46.4 Å². The first-order chi connectivity index (χ1) is 8.84. The minimum absolute atomic E-state index is 0.00287. The summed E-state index contributed by atoms with van der Waals surface area (Å²) in [6.07, 6.45) is 9.44. The molecule has 0 spiro atoms. The highest BCUT2D eigenvalue weighted by molar-refractivity contribution is 6.00. The second-order valence-corrected chi connectivity index (χ2v) is 4.90. The quantitative estimate of drug-likeness (QED) is 0.880. The van der Waals surface area contributed by atoms with Crippen LogP contribution >= 0.6 is 0 Å². The van der Waals surface area contributed by atoms with Crippen LogP contribution in [-0.2, 0) is 0 Å². The number of hydrogen-bond acceptors (Lipinski definition) is 2. The Morgan fingerprint density at radius 2 is 2.11 bits per heavy atom. The third kappa shape index (κ3) is 2.10. The van der Waals surface area contributed by atoms with Gasteiger partial charge in [0.25, 0.3) is 5.91 Å². The fourth-order valence-corrected chi connectivity index (χ4v) is 2.62. The standard InChI is InChI=1S/C14H17N3O/c18-14(16-11-6-2-1-3-7-11)12-10-15-17-9-5-4-8-13(12)17/h4-5,8-11H,1-3,6-7H2,(H,16,18). The summed E-state index contributed by atoms with van der Waals surface area (Å²) < 4.78 is 1.73. The Labute approximate surface area is 106 Å². The summed E-state index contributed by atoms with van der Waals surface area (Å²) in [4.78, 5) is 12.2. The lowest BCUT2D eigenvalue weighted by molar-refractivity contribution is 0.0929. The van der Waals surface area contributed by atoms with Crippen LogP contribution in [0.4, 0.5) is 0 Å². The smallest absolute Gasteiger partial charge is 0.255 e. The zero-order valence-corrected chi connectivity index (χ0v) is 10.3. The van der Waals surface area contributed by atoms with Crippen molar-refractivity contribution < 1.29 is 4.79 Å². The fraction of sp³-hybridized carbons (Fsp3) is 0.429. The maximum atomic E-state index is 12.2. The largest absolute Gasteiger partial charge is 0.349 e. The highest BCUT2D eigenvalue weighted by Gasteiger charge is 2.18. The summed E-state index contributed by atoms with van der Waals surface area (Å²) in [5, 5.41) is 7.31. The van der Waals surface area contributed by atoms with E-state index in [4.69, 9.17) is 0 Å². The molecule has 18 heavy (non-hydrogen) atoms. The molecule has 0 bridgehead atoms. The minimum Gasteiger partial charge on any atom is -0.349 e. The average molecular weight is 243 g/mol. The minimum atomic E-state index is 0.00287. The molecular formula is C14H17N3O. The summed E-state index contributed by atoms with van der Waals surface area (Å²) in [6, 6.07) is 6.09. The van der Waals surface area contributed by atoms with E-state index in [2.05, 4.69) is 10.4 Å². The summed E-state index contributed by atoms with van der Waals surface area (Å²) in [5.74, 6) is 0.00287. The fourth-order valence-electron chi connectivity index (χ4n) is 2.62. The van der Waals surface area contributed by atoms with Gasteiger partial charge in [0.2, 0.25) is 0 Å². The number of fused-ring (bicyclic) bond motifs is 1. The second-order valence-electron chi connectivity index (χ2n) is 4.90. The molecule has 94 valence electrons. The molecule has 1 fully saturated rings. The molecule has 0 unspecified atom stereocenters. The van der Waals surface area contributed by atoms with Crippen LogP contribution in [-0.4, -0.2) is 21.6 Å². The van der Waals surface area contributed by atoms with Gasteiger partial charge >= 0.3 is 0 Å². The van der Waals surface area contributed by atoms with E-state index in [0.717, 1.165) is 18.4 Å². The van der Waals surface area contributed by atoms with Gasteiger partial charge in [0, 0.05) is 12.2 Å². The first kappa shape index (κ1) is 11.3. The molecule has 1 aliphatic carbocycles. The summed E-state index contributed by atoms with van der Waals surface area (Å²) in [6.45, 7) is 0. The number of rotatable bonds is 2. The number of hydrogen-bond donors (Lipinski definition) is 1. The average Bonchev–Trinajstić information content (AvgIpc) is 2.84. The van der Waals surface area contributed by atoms with E-state index < -0.39 is 0 Å². The van der Waals surface area contributed by atoms with Gasteiger partial charge in [-0.25, -0.2) is 4.52 Å². The number of nitrogens with one attached hydrogen (secondary N) is 1. The van der Waals surface area contributed by atoms with E-state index in [9.17, 15) is 4.79 Å². The molecule has 3 rings (SSSR count). The molecule has 1 saturated carbocycles. The zero-order chi connectivity index (χ0) is 12.4. The van der Waals surface area contributed by atoms with Gasteiger partial charge in [0.15, 0.2) is 0 Å². The van der Waals surface area contributed by atoms with Crippen molar-refractivity contribution in [3.8, 4) is 0 Å². The van der Waals surface area contributed by atoms with Crippen molar-refractivity contribution in [1.82, 2.24) is 14.9 Å². The number of amides is 1. The van der Waals surface area contributed by atoms with Crippen molar-refractivity contribution in [3.05, 3.63) is 36.2 Å². The van der Waals surface area contributed by atoms with Gasteiger partial charge in [-0.1, -0.05) is 25.3 Å². The summed E-state index contributed by atoms with van der Waals surface area (Å²) in [7, 11) is 0. The number of nitrogens with zero attached hydrogens (tertiary/aromatic N) is 2. The van der Waals surface area contributed by atoms with E-state index in [0.29, 0.717) is 11.6 Å². The molecule has 2 aromatic heterocycles. The van der Waals surface area contributed by atoms with Crippen molar-refractivity contribution in [3.63, 3.8) is 0 Å².